The van der Waals surface area contributed by atoms with Crippen LogP contribution in [0.3, 0.4) is 0 Å². The molecule has 0 aromatic heterocycles. The average Bonchev–Trinajstić information content (AvgIpc) is 2.26. The lowest BCUT2D eigenvalue weighted by atomic mass is 10.1. The zero-order valence-corrected chi connectivity index (χ0v) is 12.0. The van der Waals surface area contributed by atoms with Crippen molar-refractivity contribution < 1.29 is 21.6 Å². The van der Waals surface area contributed by atoms with E-state index in [1.54, 1.807) is 0 Å². The first-order valence-electron chi connectivity index (χ1n) is 5.72. The van der Waals surface area contributed by atoms with E-state index >= 15 is 0 Å². The van der Waals surface area contributed by atoms with Crippen LogP contribution >= 0.6 is 12.4 Å². The van der Waals surface area contributed by atoms with Gasteiger partial charge in [0.25, 0.3) is 0 Å². The van der Waals surface area contributed by atoms with Gasteiger partial charge >= 0.3 is 0 Å². The maximum atomic E-state index is 13.5. The summed E-state index contributed by atoms with van der Waals surface area (Å²) < 4.78 is 65.1. The molecule has 0 bridgehead atoms. The van der Waals surface area contributed by atoms with Crippen LogP contribution in [0.1, 0.15) is 12.8 Å². The third kappa shape index (κ3) is 3.25. The van der Waals surface area contributed by atoms with Gasteiger partial charge in [0.2, 0.25) is 10.0 Å². The van der Waals surface area contributed by atoms with Crippen molar-refractivity contribution in [3.63, 3.8) is 0 Å². The van der Waals surface area contributed by atoms with Crippen LogP contribution in [0.5, 0.6) is 0 Å². The summed E-state index contributed by atoms with van der Waals surface area (Å²) >= 11 is 0. The van der Waals surface area contributed by atoms with Crippen molar-refractivity contribution in [1.29, 1.82) is 0 Å². The van der Waals surface area contributed by atoms with Crippen LogP contribution in [-0.4, -0.2) is 31.9 Å². The predicted octanol–water partition coefficient (Wildman–Crippen LogP) is 1.64. The van der Waals surface area contributed by atoms with Crippen LogP contribution in [0.4, 0.5) is 13.2 Å². The van der Waals surface area contributed by atoms with Crippen molar-refractivity contribution in [1.82, 2.24) is 4.31 Å². The first-order chi connectivity index (χ1) is 8.82. The highest BCUT2D eigenvalue weighted by atomic mass is 35.5. The van der Waals surface area contributed by atoms with Gasteiger partial charge in [-0.25, -0.2) is 21.6 Å². The predicted molar refractivity (Wildman–Crippen MR) is 69.5 cm³/mol. The van der Waals surface area contributed by atoms with Crippen molar-refractivity contribution >= 4 is 22.4 Å². The standard InChI is InChI=1S/C11H13F3N2O2S.ClH/c12-7-4-9(13)11(10(14)5-7)19(17,18)16-3-1-2-8(15)6-16;/h4-5,8H,1-3,6,15H2;1H. The summed E-state index contributed by atoms with van der Waals surface area (Å²) in [5.41, 5.74) is 5.65. The second kappa shape index (κ2) is 6.30. The fraction of sp³-hybridized carbons (Fsp3) is 0.455. The zero-order chi connectivity index (χ0) is 14.2. The molecule has 20 heavy (non-hydrogen) atoms. The molecular formula is C11H14ClF3N2O2S. The van der Waals surface area contributed by atoms with Crippen LogP contribution in [0.25, 0.3) is 0 Å². The summed E-state index contributed by atoms with van der Waals surface area (Å²) in [6.07, 6.45) is 1.17. The second-order valence-electron chi connectivity index (χ2n) is 4.46. The number of sulfonamides is 1. The zero-order valence-electron chi connectivity index (χ0n) is 10.4. The van der Waals surface area contributed by atoms with Gasteiger partial charge in [-0.15, -0.1) is 12.4 Å². The molecule has 1 fully saturated rings. The Morgan fingerprint density at radius 3 is 2.25 bits per heavy atom. The van der Waals surface area contributed by atoms with Crippen LogP contribution in [0, 0.1) is 17.5 Å². The topological polar surface area (TPSA) is 63.4 Å². The summed E-state index contributed by atoms with van der Waals surface area (Å²) in [5, 5.41) is 0. The molecule has 2 N–H and O–H groups in total. The summed E-state index contributed by atoms with van der Waals surface area (Å²) in [4.78, 5) is -1.12. The minimum Gasteiger partial charge on any atom is -0.327 e. The second-order valence-corrected chi connectivity index (χ2v) is 6.34. The molecular weight excluding hydrogens is 317 g/mol. The number of nitrogens with zero attached hydrogens (tertiary/aromatic N) is 1. The van der Waals surface area contributed by atoms with E-state index in [9.17, 15) is 21.6 Å². The highest BCUT2D eigenvalue weighted by molar-refractivity contribution is 7.89. The fourth-order valence-corrected chi connectivity index (χ4v) is 3.72. The van der Waals surface area contributed by atoms with Gasteiger partial charge in [0, 0.05) is 31.3 Å². The minimum absolute atomic E-state index is 0. The van der Waals surface area contributed by atoms with E-state index in [1.807, 2.05) is 0 Å². The van der Waals surface area contributed by atoms with Crippen LogP contribution < -0.4 is 5.73 Å². The number of hydrogen-bond donors (Lipinski definition) is 1. The lowest BCUT2D eigenvalue weighted by Gasteiger charge is -2.30. The van der Waals surface area contributed by atoms with Crippen LogP contribution in [0.2, 0.25) is 0 Å². The van der Waals surface area contributed by atoms with Gasteiger partial charge in [-0.05, 0) is 12.8 Å². The van der Waals surface area contributed by atoms with Crippen LogP contribution in [0.15, 0.2) is 17.0 Å². The Morgan fingerprint density at radius 1 is 1.20 bits per heavy atom. The molecule has 4 nitrogen and oxygen atoms in total. The monoisotopic (exact) mass is 330 g/mol. The number of benzene rings is 1. The van der Waals surface area contributed by atoms with E-state index < -0.39 is 32.4 Å². The van der Waals surface area contributed by atoms with Crippen molar-refractivity contribution in [2.24, 2.45) is 5.73 Å². The van der Waals surface area contributed by atoms with Gasteiger partial charge in [-0.2, -0.15) is 4.31 Å². The highest BCUT2D eigenvalue weighted by Gasteiger charge is 2.33. The van der Waals surface area contributed by atoms with Crippen molar-refractivity contribution in [2.45, 2.75) is 23.8 Å². The fourth-order valence-electron chi connectivity index (χ4n) is 2.10. The summed E-state index contributed by atoms with van der Waals surface area (Å²) in [5.74, 6) is -4.03. The molecule has 1 saturated heterocycles. The van der Waals surface area contributed by atoms with E-state index in [2.05, 4.69) is 0 Å². The SMILES string of the molecule is Cl.NC1CCCN(S(=O)(=O)c2c(F)cc(F)cc2F)C1. The molecule has 0 saturated carbocycles. The van der Waals surface area contributed by atoms with Gasteiger partial charge in [-0.1, -0.05) is 0 Å². The smallest absolute Gasteiger partial charge is 0.248 e. The molecule has 114 valence electrons. The van der Waals surface area contributed by atoms with Gasteiger partial charge in [0.15, 0.2) is 4.90 Å². The molecule has 2 rings (SSSR count). The highest BCUT2D eigenvalue weighted by Crippen LogP contribution is 2.25. The molecule has 1 atom stereocenters. The van der Waals surface area contributed by atoms with E-state index in [4.69, 9.17) is 5.73 Å². The molecule has 0 amide bonds. The number of piperidine rings is 1. The molecule has 1 heterocycles. The van der Waals surface area contributed by atoms with E-state index in [0.29, 0.717) is 25.0 Å². The Bertz CT molecular complexity index is 574. The summed E-state index contributed by atoms with van der Waals surface area (Å²) in [6, 6.07) is 0.328. The lowest BCUT2D eigenvalue weighted by Crippen LogP contribution is -2.46. The number of rotatable bonds is 2. The Morgan fingerprint density at radius 2 is 1.75 bits per heavy atom. The average molecular weight is 331 g/mol. The lowest BCUT2D eigenvalue weighted by molar-refractivity contribution is 0.313. The summed E-state index contributed by atoms with van der Waals surface area (Å²) in [6.45, 7) is 0.144. The van der Waals surface area contributed by atoms with Crippen molar-refractivity contribution in [2.75, 3.05) is 13.1 Å². The third-order valence-electron chi connectivity index (χ3n) is 2.98. The summed E-state index contributed by atoms with van der Waals surface area (Å²) in [7, 11) is -4.34. The maximum Gasteiger partial charge on any atom is 0.248 e. The molecule has 1 unspecified atom stereocenters. The Balaban J connectivity index is 0.00000200. The Kier molecular flexibility index (Phi) is 5.42. The normalized spacial score (nSPS) is 20.5. The maximum absolute atomic E-state index is 13.5. The Labute approximate surface area is 121 Å². The molecule has 1 aromatic rings. The van der Waals surface area contributed by atoms with E-state index in [0.717, 1.165) is 4.31 Å². The molecule has 0 radical (unpaired) electrons. The molecule has 1 aliphatic rings. The molecule has 1 aliphatic heterocycles. The van der Waals surface area contributed by atoms with Gasteiger partial charge < -0.3 is 5.73 Å². The molecule has 9 heteroatoms. The molecule has 1 aromatic carbocycles. The minimum atomic E-state index is -4.34. The largest absolute Gasteiger partial charge is 0.327 e. The van der Waals surface area contributed by atoms with Gasteiger partial charge in [-0.3, -0.25) is 0 Å². The first-order valence-corrected chi connectivity index (χ1v) is 7.16. The Hall–Kier alpha value is -0.830. The number of hydrogen-bond acceptors (Lipinski definition) is 3. The first kappa shape index (κ1) is 17.2. The number of halogens is 4. The van der Waals surface area contributed by atoms with Crippen molar-refractivity contribution in [3.05, 3.63) is 29.6 Å². The van der Waals surface area contributed by atoms with Gasteiger partial charge in [0.05, 0.1) is 0 Å². The number of nitrogens with two attached hydrogens (primary N) is 1. The third-order valence-corrected chi connectivity index (χ3v) is 4.90. The van der Waals surface area contributed by atoms with E-state index in [-0.39, 0.29) is 31.5 Å². The molecule has 0 aliphatic carbocycles. The van der Waals surface area contributed by atoms with E-state index in [1.165, 1.54) is 0 Å². The quantitative estimate of drug-likeness (QED) is 0.896. The van der Waals surface area contributed by atoms with Crippen LogP contribution in [-0.2, 0) is 10.0 Å². The van der Waals surface area contributed by atoms with Crippen molar-refractivity contribution in [3.8, 4) is 0 Å². The van der Waals surface area contributed by atoms with Gasteiger partial charge in [0.1, 0.15) is 17.5 Å². The molecule has 0 spiro atoms.